The van der Waals surface area contributed by atoms with Crippen LogP contribution in [0.4, 0.5) is 0 Å². The van der Waals surface area contributed by atoms with Gasteiger partial charge in [-0.1, -0.05) is 19.3 Å². The first-order valence-corrected chi connectivity index (χ1v) is 8.70. The smallest absolute Gasteiger partial charge is 0.244 e. The lowest BCUT2D eigenvalue weighted by Crippen LogP contribution is -2.40. The van der Waals surface area contributed by atoms with Crippen LogP contribution in [-0.4, -0.2) is 43.6 Å². The van der Waals surface area contributed by atoms with Gasteiger partial charge in [-0.15, -0.1) is 6.42 Å². The van der Waals surface area contributed by atoms with Crippen molar-refractivity contribution < 1.29 is 18.3 Å². The van der Waals surface area contributed by atoms with Crippen molar-refractivity contribution in [2.75, 3.05) is 19.8 Å². The minimum absolute atomic E-state index is 0.0845. The Balaban J connectivity index is 2.94. The van der Waals surface area contributed by atoms with Crippen LogP contribution in [0.15, 0.2) is 29.2 Å². The topological polar surface area (TPSA) is 66.8 Å². The van der Waals surface area contributed by atoms with E-state index in [-0.39, 0.29) is 18.0 Å². The van der Waals surface area contributed by atoms with Crippen molar-refractivity contribution in [3.8, 4) is 18.1 Å². The molecular weight excluding hydrogens is 302 g/mol. The molecule has 22 heavy (non-hydrogen) atoms. The second kappa shape index (κ2) is 8.79. The number of hydrogen-bond donors (Lipinski definition) is 1. The molecule has 0 spiro atoms. The van der Waals surface area contributed by atoms with E-state index in [9.17, 15) is 13.5 Å². The Bertz CT molecular complexity index is 590. The van der Waals surface area contributed by atoms with Crippen LogP contribution in [0.2, 0.25) is 0 Å². The number of ether oxygens (including phenoxy) is 1. The minimum Gasteiger partial charge on any atom is -0.494 e. The third-order valence-electron chi connectivity index (χ3n) is 3.20. The van der Waals surface area contributed by atoms with Gasteiger partial charge in [-0.2, -0.15) is 4.31 Å². The van der Waals surface area contributed by atoms with Crippen molar-refractivity contribution in [3.05, 3.63) is 24.3 Å². The lowest BCUT2D eigenvalue weighted by atomic mass is 10.3. The molecule has 0 amide bonds. The summed E-state index contributed by atoms with van der Waals surface area (Å²) >= 11 is 0. The zero-order chi connectivity index (χ0) is 16.6. The van der Waals surface area contributed by atoms with Crippen LogP contribution < -0.4 is 4.74 Å². The minimum atomic E-state index is -3.74. The second-order valence-corrected chi connectivity index (χ2v) is 6.85. The molecule has 1 rings (SSSR count). The summed E-state index contributed by atoms with van der Waals surface area (Å²) in [5, 5.41) is 9.21. The summed E-state index contributed by atoms with van der Waals surface area (Å²) in [5.41, 5.74) is 0. The maximum atomic E-state index is 12.6. The first-order valence-electron chi connectivity index (χ1n) is 7.26. The van der Waals surface area contributed by atoms with Crippen molar-refractivity contribution in [2.24, 2.45) is 0 Å². The molecule has 0 radical (unpaired) electrons. The highest BCUT2D eigenvalue weighted by Gasteiger charge is 2.28. The first-order chi connectivity index (χ1) is 10.5. The molecule has 0 heterocycles. The summed E-state index contributed by atoms with van der Waals surface area (Å²) in [6.45, 7) is 3.91. The van der Waals surface area contributed by atoms with Gasteiger partial charge >= 0.3 is 0 Å². The molecule has 0 aliphatic rings. The Morgan fingerprint density at radius 3 is 2.50 bits per heavy atom. The fraction of sp³-hybridized carbons (Fsp3) is 0.500. The molecule has 1 aromatic carbocycles. The van der Waals surface area contributed by atoms with Crippen LogP contribution >= 0.6 is 0 Å². The lowest BCUT2D eigenvalue weighted by Gasteiger charge is -2.25. The predicted molar refractivity (Wildman–Crippen MR) is 86.1 cm³/mol. The summed E-state index contributed by atoms with van der Waals surface area (Å²) < 4.78 is 31.8. The average Bonchev–Trinajstić information content (AvgIpc) is 2.52. The Morgan fingerprint density at radius 2 is 2.00 bits per heavy atom. The number of sulfonamides is 1. The van der Waals surface area contributed by atoms with Gasteiger partial charge in [0.2, 0.25) is 10.0 Å². The van der Waals surface area contributed by atoms with Gasteiger partial charge in [0.05, 0.1) is 24.7 Å². The van der Waals surface area contributed by atoms with Gasteiger partial charge in [-0.3, -0.25) is 0 Å². The van der Waals surface area contributed by atoms with Gasteiger partial charge in [0.1, 0.15) is 5.75 Å². The van der Waals surface area contributed by atoms with Crippen LogP contribution in [0.1, 0.15) is 26.7 Å². The van der Waals surface area contributed by atoms with Gasteiger partial charge in [0.15, 0.2) is 0 Å². The standard InChI is InChI=1S/C16H23NO4S/c1-4-6-12-21-15-7-9-16(10-8-15)22(19,20)17(11-5-2)14(3)13-18/h2,7-10,14,18H,4,6,11-13H2,1,3H3. The monoisotopic (exact) mass is 325 g/mol. The Labute approximate surface area is 133 Å². The molecule has 122 valence electrons. The molecule has 5 nitrogen and oxygen atoms in total. The molecule has 1 atom stereocenters. The van der Waals surface area contributed by atoms with E-state index in [1.54, 1.807) is 19.1 Å². The molecule has 0 fully saturated rings. The normalized spacial score (nSPS) is 12.9. The van der Waals surface area contributed by atoms with Gasteiger partial charge in [0, 0.05) is 6.04 Å². The van der Waals surface area contributed by atoms with Gasteiger partial charge < -0.3 is 9.84 Å². The summed E-state index contributed by atoms with van der Waals surface area (Å²) in [7, 11) is -3.74. The van der Waals surface area contributed by atoms with Crippen molar-refractivity contribution >= 4 is 10.0 Å². The van der Waals surface area contributed by atoms with Gasteiger partial charge in [-0.05, 0) is 37.6 Å². The molecular formula is C16H23NO4S. The molecule has 1 aromatic rings. The largest absolute Gasteiger partial charge is 0.494 e. The van der Waals surface area contributed by atoms with E-state index in [1.165, 1.54) is 12.1 Å². The molecule has 0 aliphatic carbocycles. The quantitative estimate of drug-likeness (QED) is 0.556. The molecule has 6 heteroatoms. The van der Waals surface area contributed by atoms with E-state index in [4.69, 9.17) is 11.2 Å². The second-order valence-electron chi connectivity index (χ2n) is 4.96. The third-order valence-corrected chi connectivity index (χ3v) is 5.17. The van der Waals surface area contributed by atoms with E-state index in [0.717, 1.165) is 17.1 Å². The fourth-order valence-corrected chi connectivity index (χ4v) is 3.37. The summed E-state index contributed by atoms with van der Waals surface area (Å²) in [5.74, 6) is 2.95. The summed E-state index contributed by atoms with van der Waals surface area (Å²) in [6.07, 6.45) is 7.21. The van der Waals surface area contributed by atoms with Gasteiger partial charge in [0.25, 0.3) is 0 Å². The van der Waals surface area contributed by atoms with Crippen molar-refractivity contribution in [1.29, 1.82) is 0 Å². The third kappa shape index (κ3) is 4.73. The SMILES string of the molecule is C#CCN(C(C)CO)S(=O)(=O)c1ccc(OCCCC)cc1. The van der Waals surface area contributed by atoms with Crippen molar-refractivity contribution in [1.82, 2.24) is 4.31 Å². The van der Waals surface area contributed by atoms with Crippen molar-refractivity contribution in [2.45, 2.75) is 37.6 Å². The maximum absolute atomic E-state index is 12.6. The Morgan fingerprint density at radius 1 is 1.36 bits per heavy atom. The number of benzene rings is 1. The molecule has 0 aliphatic heterocycles. The zero-order valence-electron chi connectivity index (χ0n) is 13.0. The number of hydrogen-bond acceptors (Lipinski definition) is 4. The molecule has 0 aromatic heterocycles. The van der Waals surface area contributed by atoms with Gasteiger partial charge in [-0.25, -0.2) is 8.42 Å². The molecule has 0 saturated heterocycles. The molecule has 0 bridgehead atoms. The highest BCUT2D eigenvalue weighted by Crippen LogP contribution is 2.21. The number of nitrogens with zero attached hydrogens (tertiary/aromatic N) is 1. The van der Waals surface area contributed by atoms with Crippen molar-refractivity contribution in [3.63, 3.8) is 0 Å². The first kappa shape index (κ1) is 18.5. The van der Waals surface area contributed by atoms with E-state index in [2.05, 4.69) is 12.8 Å². The van der Waals surface area contributed by atoms with E-state index < -0.39 is 16.1 Å². The number of aliphatic hydroxyl groups is 1. The molecule has 0 saturated carbocycles. The number of rotatable bonds is 9. The molecule has 1 unspecified atom stereocenters. The van der Waals surface area contributed by atoms with Crippen LogP contribution in [-0.2, 0) is 10.0 Å². The Kier molecular flexibility index (Phi) is 7.39. The highest BCUT2D eigenvalue weighted by atomic mass is 32.2. The predicted octanol–water partition coefficient (Wildman–Crippen LogP) is 1.87. The fourth-order valence-electron chi connectivity index (χ4n) is 1.84. The lowest BCUT2D eigenvalue weighted by molar-refractivity contribution is 0.207. The number of unbranched alkanes of at least 4 members (excludes halogenated alkanes) is 1. The van der Waals surface area contributed by atoms with E-state index >= 15 is 0 Å². The Hall–Kier alpha value is -1.55. The van der Waals surface area contributed by atoms with Crippen LogP contribution in [0.3, 0.4) is 0 Å². The summed E-state index contributed by atoms with van der Waals surface area (Å²) in [4.78, 5) is 0.130. The van der Waals surface area contributed by atoms with E-state index in [0.29, 0.717) is 12.4 Å². The van der Waals surface area contributed by atoms with Crippen LogP contribution in [0.25, 0.3) is 0 Å². The maximum Gasteiger partial charge on any atom is 0.244 e. The van der Waals surface area contributed by atoms with Crippen LogP contribution in [0.5, 0.6) is 5.75 Å². The summed E-state index contributed by atoms with van der Waals surface area (Å²) in [6, 6.07) is 5.65. The van der Waals surface area contributed by atoms with Crippen LogP contribution in [0, 0.1) is 12.3 Å². The molecule has 1 N–H and O–H groups in total. The number of terminal acetylenes is 1. The zero-order valence-corrected chi connectivity index (χ0v) is 13.8. The average molecular weight is 325 g/mol. The number of aliphatic hydroxyl groups excluding tert-OH is 1. The highest BCUT2D eigenvalue weighted by molar-refractivity contribution is 7.89. The van der Waals surface area contributed by atoms with E-state index in [1.807, 2.05) is 0 Å².